The van der Waals surface area contributed by atoms with Crippen LogP contribution in [-0.2, 0) is 0 Å². The maximum Gasteiger partial charge on any atom is 0.0833 e. The molecule has 0 saturated heterocycles. The van der Waals surface area contributed by atoms with Crippen LogP contribution in [0.25, 0.3) is 0 Å². The SMILES string of the molecule is CC1(C)C=CC[C@H](O)[C@H](O)C1. The summed E-state index contributed by atoms with van der Waals surface area (Å²) in [5.74, 6) is 0. The molecule has 0 spiro atoms. The van der Waals surface area contributed by atoms with Crippen molar-refractivity contribution in [2.45, 2.75) is 38.9 Å². The minimum Gasteiger partial charge on any atom is -0.390 e. The quantitative estimate of drug-likeness (QED) is 0.515. The Kier molecular flexibility index (Phi) is 2.35. The van der Waals surface area contributed by atoms with Gasteiger partial charge in [0.25, 0.3) is 0 Å². The second-order valence-corrected chi connectivity index (χ2v) is 3.97. The molecule has 0 bridgehead atoms. The maximum atomic E-state index is 9.40. The zero-order valence-corrected chi connectivity index (χ0v) is 7.12. The molecule has 0 aromatic heterocycles. The minimum absolute atomic E-state index is 0.0247. The van der Waals surface area contributed by atoms with Crippen LogP contribution < -0.4 is 0 Å². The standard InChI is InChI=1S/C9H16O2/c1-9(2)5-3-4-7(10)8(11)6-9/h3,5,7-8,10-11H,4,6H2,1-2H3/t7-,8+/m0/s1. The number of hydrogen-bond acceptors (Lipinski definition) is 2. The van der Waals surface area contributed by atoms with Crippen molar-refractivity contribution in [3.05, 3.63) is 12.2 Å². The van der Waals surface area contributed by atoms with Gasteiger partial charge in [0.1, 0.15) is 0 Å². The van der Waals surface area contributed by atoms with Gasteiger partial charge < -0.3 is 10.2 Å². The molecule has 2 atom stereocenters. The Morgan fingerprint density at radius 1 is 1.27 bits per heavy atom. The van der Waals surface area contributed by atoms with Gasteiger partial charge >= 0.3 is 0 Å². The molecule has 1 aliphatic carbocycles. The van der Waals surface area contributed by atoms with E-state index >= 15 is 0 Å². The molecule has 1 aliphatic rings. The molecule has 64 valence electrons. The van der Waals surface area contributed by atoms with Gasteiger partial charge in [0.2, 0.25) is 0 Å². The predicted molar refractivity (Wildman–Crippen MR) is 44.2 cm³/mol. The van der Waals surface area contributed by atoms with Crippen LogP contribution in [0.5, 0.6) is 0 Å². The van der Waals surface area contributed by atoms with Crippen molar-refractivity contribution in [1.82, 2.24) is 0 Å². The van der Waals surface area contributed by atoms with E-state index < -0.39 is 12.2 Å². The number of rotatable bonds is 0. The Bertz CT molecular complexity index is 161. The Morgan fingerprint density at radius 3 is 2.55 bits per heavy atom. The van der Waals surface area contributed by atoms with Crippen molar-refractivity contribution in [1.29, 1.82) is 0 Å². The lowest BCUT2D eigenvalue weighted by molar-refractivity contribution is 0.00593. The van der Waals surface area contributed by atoms with Crippen LogP contribution in [0.4, 0.5) is 0 Å². The second kappa shape index (κ2) is 2.95. The fourth-order valence-electron chi connectivity index (χ4n) is 1.43. The molecule has 2 heteroatoms. The molecule has 0 aromatic rings. The van der Waals surface area contributed by atoms with Gasteiger partial charge in [-0.05, 0) is 18.3 Å². The van der Waals surface area contributed by atoms with Crippen LogP contribution in [0.3, 0.4) is 0 Å². The lowest BCUT2D eigenvalue weighted by Crippen LogP contribution is -2.28. The number of allylic oxidation sites excluding steroid dienone is 1. The monoisotopic (exact) mass is 156 g/mol. The first-order valence-corrected chi connectivity index (χ1v) is 4.05. The first-order valence-electron chi connectivity index (χ1n) is 4.05. The summed E-state index contributed by atoms with van der Waals surface area (Å²) in [6.45, 7) is 4.12. The molecular weight excluding hydrogens is 140 g/mol. The molecule has 0 aliphatic heterocycles. The number of aliphatic hydroxyl groups is 2. The van der Waals surface area contributed by atoms with Crippen LogP contribution in [0.1, 0.15) is 26.7 Å². The van der Waals surface area contributed by atoms with Crippen LogP contribution in [0.15, 0.2) is 12.2 Å². The fourth-order valence-corrected chi connectivity index (χ4v) is 1.43. The van der Waals surface area contributed by atoms with E-state index in [0.717, 1.165) is 0 Å². The summed E-state index contributed by atoms with van der Waals surface area (Å²) in [6.07, 6.45) is 4.08. The van der Waals surface area contributed by atoms with E-state index in [1.165, 1.54) is 0 Å². The van der Waals surface area contributed by atoms with Crippen LogP contribution in [0, 0.1) is 5.41 Å². The molecule has 11 heavy (non-hydrogen) atoms. The molecule has 2 N–H and O–H groups in total. The molecule has 0 fully saturated rings. The molecule has 0 amide bonds. The van der Waals surface area contributed by atoms with Gasteiger partial charge in [-0.15, -0.1) is 0 Å². The summed E-state index contributed by atoms with van der Waals surface area (Å²) >= 11 is 0. The average molecular weight is 156 g/mol. The van der Waals surface area contributed by atoms with E-state index in [2.05, 4.69) is 19.9 Å². The van der Waals surface area contributed by atoms with E-state index in [-0.39, 0.29) is 5.41 Å². The van der Waals surface area contributed by atoms with Crippen molar-refractivity contribution in [3.63, 3.8) is 0 Å². The third-order valence-corrected chi connectivity index (χ3v) is 2.13. The molecule has 0 saturated carbocycles. The molecule has 2 nitrogen and oxygen atoms in total. The summed E-state index contributed by atoms with van der Waals surface area (Å²) in [5, 5.41) is 18.7. The van der Waals surface area contributed by atoms with Crippen LogP contribution in [-0.4, -0.2) is 22.4 Å². The highest BCUT2D eigenvalue weighted by atomic mass is 16.3. The second-order valence-electron chi connectivity index (χ2n) is 3.97. The van der Waals surface area contributed by atoms with Crippen molar-refractivity contribution < 1.29 is 10.2 Å². The first-order chi connectivity index (χ1) is 5.01. The Labute approximate surface area is 67.6 Å². The molecule has 1 rings (SSSR count). The molecule has 0 radical (unpaired) electrons. The summed E-state index contributed by atoms with van der Waals surface area (Å²) in [6, 6.07) is 0. The molecule has 0 aromatic carbocycles. The van der Waals surface area contributed by atoms with Gasteiger partial charge in [-0.25, -0.2) is 0 Å². The normalized spacial score (nSPS) is 36.7. The smallest absolute Gasteiger partial charge is 0.0833 e. The minimum atomic E-state index is -0.576. The third kappa shape index (κ3) is 2.31. The highest BCUT2D eigenvalue weighted by Crippen LogP contribution is 2.28. The van der Waals surface area contributed by atoms with Gasteiger partial charge in [0.05, 0.1) is 12.2 Å². The topological polar surface area (TPSA) is 40.5 Å². The zero-order chi connectivity index (χ0) is 8.48. The fraction of sp³-hybridized carbons (Fsp3) is 0.778. The van der Waals surface area contributed by atoms with Crippen LogP contribution >= 0.6 is 0 Å². The van der Waals surface area contributed by atoms with Crippen molar-refractivity contribution in [2.24, 2.45) is 5.41 Å². The van der Waals surface area contributed by atoms with E-state index in [0.29, 0.717) is 12.8 Å². The number of hydrogen-bond donors (Lipinski definition) is 2. The van der Waals surface area contributed by atoms with Gasteiger partial charge in [-0.2, -0.15) is 0 Å². The maximum absolute atomic E-state index is 9.40. The largest absolute Gasteiger partial charge is 0.390 e. The van der Waals surface area contributed by atoms with Crippen molar-refractivity contribution in [3.8, 4) is 0 Å². The number of aliphatic hydroxyl groups excluding tert-OH is 2. The lowest BCUT2D eigenvalue weighted by Gasteiger charge is -2.23. The van der Waals surface area contributed by atoms with E-state index in [9.17, 15) is 10.2 Å². The lowest BCUT2D eigenvalue weighted by atomic mass is 9.87. The van der Waals surface area contributed by atoms with Gasteiger partial charge in [-0.1, -0.05) is 26.0 Å². The highest BCUT2D eigenvalue weighted by molar-refractivity contribution is 5.01. The molecular formula is C9H16O2. The van der Waals surface area contributed by atoms with Crippen molar-refractivity contribution >= 4 is 0 Å². The molecule has 0 heterocycles. The van der Waals surface area contributed by atoms with Crippen molar-refractivity contribution in [2.75, 3.05) is 0 Å². The van der Waals surface area contributed by atoms with Gasteiger partial charge in [-0.3, -0.25) is 0 Å². The Balaban J connectivity index is 2.67. The summed E-state index contributed by atoms with van der Waals surface area (Å²) in [5.41, 5.74) is 0.0247. The van der Waals surface area contributed by atoms with E-state index in [4.69, 9.17) is 0 Å². The Morgan fingerprint density at radius 2 is 1.91 bits per heavy atom. The van der Waals surface area contributed by atoms with Gasteiger partial charge in [0, 0.05) is 0 Å². The van der Waals surface area contributed by atoms with E-state index in [1.54, 1.807) is 0 Å². The third-order valence-electron chi connectivity index (χ3n) is 2.13. The predicted octanol–water partition coefficient (Wildman–Crippen LogP) is 1.08. The molecule has 0 unspecified atom stereocenters. The average Bonchev–Trinajstić information content (AvgIpc) is 1.93. The highest BCUT2D eigenvalue weighted by Gasteiger charge is 2.26. The van der Waals surface area contributed by atoms with Gasteiger partial charge in [0.15, 0.2) is 0 Å². The Hall–Kier alpha value is -0.340. The first kappa shape index (κ1) is 8.75. The summed E-state index contributed by atoms with van der Waals surface area (Å²) in [4.78, 5) is 0. The van der Waals surface area contributed by atoms with Crippen LogP contribution in [0.2, 0.25) is 0 Å². The zero-order valence-electron chi connectivity index (χ0n) is 7.12. The summed E-state index contributed by atoms with van der Waals surface area (Å²) in [7, 11) is 0. The summed E-state index contributed by atoms with van der Waals surface area (Å²) < 4.78 is 0. The van der Waals surface area contributed by atoms with E-state index in [1.807, 2.05) is 6.08 Å².